The normalized spacial score (nSPS) is 11.2. The molecule has 1 N–H and O–H groups in total. The summed E-state index contributed by atoms with van der Waals surface area (Å²) in [7, 11) is 0. The molecule has 1 heterocycles. The van der Waals surface area contributed by atoms with Gasteiger partial charge in [0.05, 0.1) is 17.9 Å². The molecule has 26 heavy (non-hydrogen) atoms. The predicted molar refractivity (Wildman–Crippen MR) is 92.5 cm³/mol. The first-order valence-electron chi connectivity index (χ1n) is 7.72. The number of nitrogens with zero attached hydrogens (tertiary/aromatic N) is 3. The molecule has 0 saturated carbocycles. The summed E-state index contributed by atoms with van der Waals surface area (Å²) in [6, 6.07) is 4.93. The van der Waals surface area contributed by atoms with Crippen LogP contribution in [0.4, 0.5) is 13.2 Å². The summed E-state index contributed by atoms with van der Waals surface area (Å²) in [5, 5.41) is 11.0. The standard InChI is InChI=1S/C17H17F3N4OS/c1-12(2)24-11-22-23-16(24)26-10-15(25)21-8-4-6-13-5-3-7-14(9-13)17(18,19)20/h3,5,7,9,11-12H,8,10H2,1-2H3,(H,21,25). The summed E-state index contributed by atoms with van der Waals surface area (Å²) in [6.07, 6.45) is -2.80. The van der Waals surface area contributed by atoms with Crippen molar-refractivity contribution in [3.63, 3.8) is 0 Å². The molecule has 0 bridgehead atoms. The third-order valence-electron chi connectivity index (χ3n) is 3.23. The fourth-order valence-electron chi connectivity index (χ4n) is 1.93. The summed E-state index contributed by atoms with van der Waals surface area (Å²) in [6.45, 7) is 4.01. The lowest BCUT2D eigenvalue weighted by Crippen LogP contribution is -2.25. The van der Waals surface area contributed by atoms with E-state index >= 15 is 0 Å². The van der Waals surface area contributed by atoms with Crippen molar-refractivity contribution in [3.05, 3.63) is 41.7 Å². The van der Waals surface area contributed by atoms with Gasteiger partial charge in [-0.3, -0.25) is 4.79 Å². The van der Waals surface area contributed by atoms with Crippen LogP contribution in [0.2, 0.25) is 0 Å². The molecule has 0 atom stereocenters. The number of amides is 1. The Morgan fingerprint density at radius 1 is 1.38 bits per heavy atom. The summed E-state index contributed by atoms with van der Waals surface area (Å²) < 4.78 is 39.7. The molecule has 2 rings (SSSR count). The Hall–Kier alpha value is -2.47. The number of thioether (sulfide) groups is 1. The van der Waals surface area contributed by atoms with Crippen molar-refractivity contribution in [1.29, 1.82) is 0 Å². The van der Waals surface area contributed by atoms with Gasteiger partial charge in [-0.2, -0.15) is 13.2 Å². The third kappa shape index (κ3) is 5.81. The van der Waals surface area contributed by atoms with Gasteiger partial charge in [-0.05, 0) is 32.0 Å². The van der Waals surface area contributed by atoms with E-state index in [0.29, 0.717) is 5.16 Å². The lowest BCUT2D eigenvalue weighted by molar-refractivity contribution is -0.137. The van der Waals surface area contributed by atoms with Crippen LogP contribution >= 0.6 is 11.8 Å². The van der Waals surface area contributed by atoms with E-state index in [4.69, 9.17) is 0 Å². The molecule has 1 aromatic heterocycles. The Morgan fingerprint density at radius 3 is 2.85 bits per heavy atom. The first-order valence-corrected chi connectivity index (χ1v) is 8.71. The molecule has 0 spiro atoms. The molecule has 0 radical (unpaired) electrons. The molecule has 9 heteroatoms. The zero-order valence-electron chi connectivity index (χ0n) is 14.2. The van der Waals surface area contributed by atoms with E-state index in [2.05, 4.69) is 27.4 Å². The highest BCUT2D eigenvalue weighted by atomic mass is 32.2. The van der Waals surface area contributed by atoms with E-state index in [9.17, 15) is 18.0 Å². The number of carbonyl (C=O) groups is 1. The Bertz CT molecular complexity index is 821. The SMILES string of the molecule is CC(C)n1cnnc1SCC(=O)NCC#Cc1cccc(C(F)(F)F)c1. The minimum atomic E-state index is -4.40. The molecule has 0 fully saturated rings. The monoisotopic (exact) mass is 382 g/mol. The van der Waals surface area contributed by atoms with Gasteiger partial charge in [0.25, 0.3) is 0 Å². The maximum absolute atomic E-state index is 12.6. The lowest BCUT2D eigenvalue weighted by Gasteiger charge is -2.08. The molecule has 138 valence electrons. The van der Waals surface area contributed by atoms with Crippen molar-refractivity contribution in [1.82, 2.24) is 20.1 Å². The number of hydrogen-bond donors (Lipinski definition) is 1. The van der Waals surface area contributed by atoms with Gasteiger partial charge in [0.2, 0.25) is 5.91 Å². The van der Waals surface area contributed by atoms with Gasteiger partial charge in [-0.25, -0.2) is 0 Å². The molecule has 1 amide bonds. The molecule has 2 aromatic rings. The highest BCUT2D eigenvalue weighted by Gasteiger charge is 2.30. The lowest BCUT2D eigenvalue weighted by atomic mass is 10.1. The molecule has 0 aliphatic rings. The van der Waals surface area contributed by atoms with E-state index in [-0.39, 0.29) is 29.8 Å². The highest BCUT2D eigenvalue weighted by Crippen LogP contribution is 2.29. The quantitative estimate of drug-likeness (QED) is 0.638. The first kappa shape index (κ1) is 19.8. The topological polar surface area (TPSA) is 59.8 Å². The van der Waals surface area contributed by atoms with Crippen LogP contribution in [0, 0.1) is 11.8 Å². The van der Waals surface area contributed by atoms with Crippen molar-refractivity contribution in [3.8, 4) is 11.8 Å². The van der Waals surface area contributed by atoms with Crippen LogP contribution in [-0.4, -0.2) is 33.0 Å². The number of benzene rings is 1. The van der Waals surface area contributed by atoms with Gasteiger partial charge < -0.3 is 9.88 Å². The van der Waals surface area contributed by atoms with E-state index in [0.717, 1.165) is 12.1 Å². The Balaban J connectivity index is 1.82. The van der Waals surface area contributed by atoms with Crippen LogP contribution in [-0.2, 0) is 11.0 Å². The van der Waals surface area contributed by atoms with Gasteiger partial charge in [0.1, 0.15) is 6.33 Å². The molecule has 0 unspecified atom stereocenters. The molecular formula is C17H17F3N4OS. The van der Waals surface area contributed by atoms with Crippen molar-refractivity contribution < 1.29 is 18.0 Å². The van der Waals surface area contributed by atoms with Crippen LogP contribution in [0.15, 0.2) is 35.7 Å². The number of aromatic nitrogens is 3. The van der Waals surface area contributed by atoms with E-state index in [1.807, 2.05) is 18.4 Å². The van der Waals surface area contributed by atoms with Crippen molar-refractivity contribution in [2.45, 2.75) is 31.2 Å². The van der Waals surface area contributed by atoms with Crippen molar-refractivity contribution >= 4 is 17.7 Å². The molecule has 0 aliphatic carbocycles. The predicted octanol–water partition coefficient (Wildman–Crippen LogP) is 3.14. The maximum Gasteiger partial charge on any atom is 0.416 e. The maximum atomic E-state index is 12.6. The van der Waals surface area contributed by atoms with E-state index < -0.39 is 11.7 Å². The van der Waals surface area contributed by atoms with E-state index in [1.165, 1.54) is 23.9 Å². The van der Waals surface area contributed by atoms with Crippen LogP contribution < -0.4 is 5.32 Å². The summed E-state index contributed by atoms with van der Waals surface area (Å²) in [4.78, 5) is 11.8. The second kappa shape index (κ2) is 8.76. The second-order valence-corrected chi connectivity index (χ2v) is 6.50. The summed E-state index contributed by atoms with van der Waals surface area (Å²) in [5.41, 5.74) is -0.507. The number of nitrogens with one attached hydrogen (secondary N) is 1. The van der Waals surface area contributed by atoms with Crippen molar-refractivity contribution in [2.24, 2.45) is 0 Å². The Kier molecular flexibility index (Phi) is 6.69. The van der Waals surface area contributed by atoms with Crippen LogP contribution in [0.25, 0.3) is 0 Å². The van der Waals surface area contributed by atoms with Gasteiger partial charge >= 0.3 is 6.18 Å². The largest absolute Gasteiger partial charge is 0.416 e. The van der Waals surface area contributed by atoms with Gasteiger partial charge in [0.15, 0.2) is 5.16 Å². The van der Waals surface area contributed by atoms with Gasteiger partial charge in [0, 0.05) is 11.6 Å². The minimum Gasteiger partial charge on any atom is -0.344 e. The summed E-state index contributed by atoms with van der Waals surface area (Å²) >= 11 is 1.25. The zero-order chi connectivity index (χ0) is 19.2. The Morgan fingerprint density at radius 2 is 2.15 bits per heavy atom. The molecular weight excluding hydrogens is 365 g/mol. The Labute approximate surface area is 153 Å². The fraction of sp³-hybridized carbons (Fsp3) is 0.353. The number of rotatable bonds is 5. The average molecular weight is 382 g/mol. The molecule has 0 saturated heterocycles. The summed E-state index contributed by atoms with van der Waals surface area (Å²) in [5.74, 6) is 5.16. The number of halogens is 3. The van der Waals surface area contributed by atoms with Crippen LogP contribution in [0.5, 0.6) is 0 Å². The van der Waals surface area contributed by atoms with Crippen LogP contribution in [0.1, 0.15) is 31.0 Å². The molecule has 0 aliphatic heterocycles. The first-order chi connectivity index (χ1) is 12.3. The zero-order valence-corrected chi connectivity index (χ0v) is 15.0. The van der Waals surface area contributed by atoms with Gasteiger partial charge in [-0.1, -0.05) is 29.7 Å². The van der Waals surface area contributed by atoms with E-state index in [1.54, 1.807) is 6.33 Å². The fourth-order valence-corrected chi connectivity index (χ4v) is 2.81. The highest BCUT2D eigenvalue weighted by molar-refractivity contribution is 7.99. The smallest absolute Gasteiger partial charge is 0.344 e. The molecule has 1 aromatic carbocycles. The average Bonchev–Trinajstić information content (AvgIpc) is 3.05. The minimum absolute atomic E-state index is 0.0481. The van der Waals surface area contributed by atoms with Gasteiger partial charge in [-0.15, -0.1) is 10.2 Å². The molecule has 5 nitrogen and oxygen atoms in total. The third-order valence-corrected chi connectivity index (χ3v) is 4.18. The number of carbonyl (C=O) groups excluding carboxylic acids is 1. The van der Waals surface area contributed by atoms with Crippen LogP contribution in [0.3, 0.4) is 0 Å². The van der Waals surface area contributed by atoms with Crippen molar-refractivity contribution in [2.75, 3.05) is 12.3 Å². The number of hydrogen-bond acceptors (Lipinski definition) is 4. The number of alkyl halides is 3. The second-order valence-electron chi connectivity index (χ2n) is 5.56.